The molecular formula is C26H25NO3. The molecule has 4 aliphatic rings. The number of carbonyl (C=O) groups excluding carboxylic acids is 2. The highest BCUT2D eigenvalue weighted by Gasteiger charge is 2.62. The molecule has 0 radical (unpaired) electrons. The fourth-order valence-electron chi connectivity index (χ4n) is 7.54. The van der Waals surface area contributed by atoms with Crippen LogP contribution in [0.4, 0.5) is 5.69 Å². The van der Waals surface area contributed by atoms with Crippen LogP contribution < -0.4 is 4.90 Å². The monoisotopic (exact) mass is 399 g/mol. The van der Waals surface area contributed by atoms with Crippen LogP contribution >= 0.6 is 0 Å². The number of nitrogens with zero attached hydrogens (tertiary/aromatic N) is 1. The highest BCUT2D eigenvalue weighted by molar-refractivity contribution is 6.08. The van der Waals surface area contributed by atoms with Crippen molar-refractivity contribution in [1.82, 2.24) is 0 Å². The Morgan fingerprint density at radius 3 is 2.40 bits per heavy atom. The van der Waals surface area contributed by atoms with Crippen molar-refractivity contribution in [1.29, 1.82) is 0 Å². The van der Waals surface area contributed by atoms with Crippen molar-refractivity contribution in [3.8, 4) is 0 Å². The van der Waals surface area contributed by atoms with Gasteiger partial charge >= 0.3 is 0 Å². The van der Waals surface area contributed by atoms with E-state index >= 15 is 0 Å². The molecule has 3 aromatic rings. The normalized spacial score (nSPS) is 35.3. The molecule has 152 valence electrons. The van der Waals surface area contributed by atoms with Gasteiger partial charge in [-0.15, -0.1) is 0 Å². The van der Waals surface area contributed by atoms with Gasteiger partial charge in [0.25, 0.3) is 0 Å². The fourth-order valence-corrected chi connectivity index (χ4v) is 7.54. The predicted octanol–water partition coefficient (Wildman–Crippen LogP) is 5.33. The molecule has 1 aromatic heterocycles. The first kappa shape index (κ1) is 17.1. The molecule has 7 rings (SSSR count). The molecule has 2 aromatic carbocycles. The van der Waals surface area contributed by atoms with Crippen LogP contribution in [-0.4, -0.2) is 17.7 Å². The second-order valence-corrected chi connectivity index (χ2v) is 9.79. The number of hydrogen-bond acceptors (Lipinski definition) is 3. The number of benzene rings is 2. The van der Waals surface area contributed by atoms with Gasteiger partial charge in [0.15, 0.2) is 0 Å². The number of piperidine rings is 1. The van der Waals surface area contributed by atoms with E-state index in [-0.39, 0.29) is 29.7 Å². The molecule has 3 aliphatic carbocycles. The Bertz CT molecular complexity index is 1210. The second kappa shape index (κ2) is 5.96. The summed E-state index contributed by atoms with van der Waals surface area (Å²) in [6.07, 6.45) is 6.03. The quantitative estimate of drug-likeness (QED) is 0.555. The zero-order valence-electron chi connectivity index (χ0n) is 16.9. The minimum atomic E-state index is 0.0221. The zero-order chi connectivity index (χ0) is 20.0. The molecule has 3 saturated carbocycles. The molecular weight excluding hydrogens is 374 g/mol. The average molecular weight is 399 g/mol. The number of para-hydroxylation sites is 1. The maximum absolute atomic E-state index is 13.8. The molecule has 30 heavy (non-hydrogen) atoms. The van der Waals surface area contributed by atoms with Crippen LogP contribution in [0.5, 0.6) is 0 Å². The van der Waals surface area contributed by atoms with Crippen molar-refractivity contribution in [3.63, 3.8) is 0 Å². The smallest absolute Gasteiger partial charge is 0.230 e. The summed E-state index contributed by atoms with van der Waals surface area (Å²) in [6, 6.07) is 14.4. The van der Waals surface area contributed by atoms with Crippen LogP contribution in [0.1, 0.15) is 38.5 Å². The Balaban J connectivity index is 1.39. The van der Waals surface area contributed by atoms with E-state index in [4.69, 9.17) is 4.42 Å². The molecule has 1 saturated heterocycles. The number of fused-ring (bicyclic) bond motifs is 3. The minimum Gasteiger partial charge on any atom is -0.456 e. The van der Waals surface area contributed by atoms with Gasteiger partial charge in [-0.25, -0.2) is 0 Å². The van der Waals surface area contributed by atoms with E-state index < -0.39 is 0 Å². The van der Waals surface area contributed by atoms with Gasteiger partial charge in [0, 0.05) is 40.3 Å². The highest BCUT2D eigenvalue weighted by atomic mass is 16.3. The molecule has 2 heterocycles. The number of amides is 1. The number of rotatable bonds is 1. The molecule has 4 fully saturated rings. The number of Topliss-reactive ketones (excluding diaryl/α,β-unsaturated/α-hetero) is 1. The second-order valence-electron chi connectivity index (χ2n) is 9.79. The molecule has 0 spiro atoms. The lowest BCUT2D eigenvalue weighted by atomic mass is 9.62. The van der Waals surface area contributed by atoms with Crippen molar-refractivity contribution >= 4 is 39.3 Å². The Kier molecular flexibility index (Phi) is 3.40. The van der Waals surface area contributed by atoms with E-state index in [9.17, 15) is 9.59 Å². The van der Waals surface area contributed by atoms with E-state index in [1.165, 1.54) is 0 Å². The predicted molar refractivity (Wildman–Crippen MR) is 115 cm³/mol. The number of ketones is 1. The van der Waals surface area contributed by atoms with Gasteiger partial charge in [-0.05, 0) is 61.8 Å². The first-order valence-electron chi connectivity index (χ1n) is 11.5. The van der Waals surface area contributed by atoms with E-state index in [1.54, 1.807) is 0 Å². The Hall–Kier alpha value is -2.62. The van der Waals surface area contributed by atoms with Crippen LogP contribution in [0.3, 0.4) is 0 Å². The van der Waals surface area contributed by atoms with Crippen molar-refractivity contribution in [2.45, 2.75) is 44.6 Å². The largest absolute Gasteiger partial charge is 0.456 e. The molecule has 4 nitrogen and oxygen atoms in total. The van der Waals surface area contributed by atoms with Gasteiger partial charge in [-0.2, -0.15) is 0 Å². The van der Waals surface area contributed by atoms with Crippen molar-refractivity contribution in [3.05, 3.63) is 42.5 Å². The summed E-state index contributed by atoms with van der Waals surface area (Å²) in [4.78, 5) is 29.1. The summed E-state index contributed by atoms with van der Waals surface area (Å²) >= 11 is 0. The summed E-state index contributed by atoms with van der Waals surface area (Å²) in [5, 5.41) is 2.15. The van der Waals surface area contributed by atoms with Crippen molar-refractivity contribution < 1.29 is 14.0 Å². The first-order chi connectivity index (χ1) is 14.7. The molecule has 1 amide bonds. The summed E-state index contributed by atoms with van der Waals surface area (Å²) in [6.45, 7) is 0. The number of furan rings is 1. The van der Waals surface area contributed by atoms with E-state index in [0.717, 1.165) is 66.2 Å². The van der Waals surface area contributed by atoms with E-state index in [2.05, 4.69) is 17.0 Å². The van der Waals surface area contributed by atoms with E-state index in [1.807, 2.05) is 30.3 Å². The van der Waals surface area contributed by atoms with Gasteiger partial charge in [0.2, 0.25) is 5.91 Å². The summed E-state index contributed by atoms with van der Waals surface area (Å²) in [7, 11) is 0. The summed E-state index contributed by atoms with van der Waals surface area (Å²) < 4.78 is 6.00. The third-order valence-corrected chi connectivity index (χ3v) is 8.58. The topological polar surface area (TPSA) is 50.5 Å². The molecule has 0 N–H and O–H groups in total. The first-order valence-corrected chi connectivity index (χ1v) is 11.5. The standard InChI is InChI=1S/C26H25NO3/c28-25-16-6-3-8-18-23(16)24-17(25)7-4-9-20(24)27(26(18)29)14-11-12-22-19(13-14)15-5-1-2-10-21(15)30-22/h1-2,5,10-13,16-18,20,23-24H,3-4,6-9H2. The van der Waals surface area contributed by atoms with Gasteiger partial charge in [-0.3, -0.25) is 9.59 Å². The van der Waals surface area contributed by atoms with Gasteiger partial charge < -0.3 is 9.32 Å². The Morgan fingerprint density at radius 1 is 0.767 bits per heavy atom. The molecule has 6 unspecified atom stereocenters. The van der Waals surface area contributed by atoms with Gasteiger partial charge in [-0.1, -0.05) is 31.0 Å². The maximum atomic E-state index is 13.8. The average Bonchev–Trinajstić information content (AvgIpc) is 3.30. The van der Waals surface area contributed by atoms with Crippen molar-refractivity contribution in [2.24, 2.45) is 29.6 Å². The Labute approximate surface area is 175 Å². The molecule has 1 aliphatic heterocycles. The van der Waals surface area contributed by atoms with Crippen LogP contribution in [0, 0.1) is 29.6 Å². The van der Waals surface area contributed by atoms with Crippen LogP contribution in [0.2, 0.25) is 0 Å². The lowest BCUT2D eigenvalue weighted by Crippen LogP contribution is -2.59. The van der Waals surface area contributed by atoms with Gasteiger partial charge in [0.1, 0.15) is 16.9 Å². The number of hydrogen-bond donors (Lipinski definition) is 0. The van der Waals surface area contributed by atoms with E-state index in [0.29, 0.717) is 17.6 Å². The van der Waals surface area contributed by atoms with Crippen LogP contribution in [0.15, 0.2) is 46.9 Å². The third kappa shape index (κ3) is 2.07. The summed E-state index contributed by atoms with van der Waals surface area (Å²) in [5.74, 6) is 1.73. The minimum absolute atomic E-state index is 0.0221. The van der Waals surface area contributed by atoms with Crippen LogP contribution in [-0.2, 0) is 9.59 Å². The molecule has 0 bridgehead atoms. The fraction of sp³-hybridized carbons (Fsp3) is 0.462. The lowest BCUT2D eigenvalue weighted by Gasteiger charge is -2.51. The van der Waals surface area contributed by atoms with Crippen molar-refractivity contribution in [2.75, 3.05) is 4.90 Å². The summed E-state index contributed by atoms with van der Waals surface area (Å²) in [5.41, 5.74) is 2.71. The Morgan fingerprint density at radius 2 is 1.50 bits per heavy atom. The maximum Gasteiger partial charge on any atom is 0.230 e. The third-order valence-electron chi connectivity index (χ3n) is 8.58. The highest BCUT2D eigenvalue weighted by Crippen LogP contribution is 2.58. The zero-order valence-corrected chi connectivity index (χ0v) is 16.9. The molecule has 4 heteroatoms. The SMILES string of the molecule is O=C1C2CCCC3C(=O)N(c4ccc5oc6ccccc6c5c4)C4CCCC1C4C23. The number of carbonyl (C=O) groups is 2. The van der Waals surface area contributed by atoms with Gasteiger partial charge in [0.05, 0.1) is 0 Å². The lowest BCUT2D eigenvalue weighted by molar-refractivity contribution is -0.132. The van der Waals surface area contributed by atoms with Crippen LogP contribution in [0.25, 0.3) is 21.9 Å². The molecule has 6 atom stereocenters. The number of anilines is 1.